The van der Waals surface area contributed by atoms with Crippen molar-refractivity contribution in [3.8, 4) is 17.2 Å². The number of aromatic nitrogens is 1. The van der Waals surface area contributed by atoms with Gasteiger partial charge in [-0.25, -0.2) is 0 Å². The Morgan fingerprint density at radius 1 is 0.976 bits per heavy atom. The minimum absolute atomic E-state index is 0.0156. The molecule has 0 unspecified atom stereocenters. The molecule has 0 aliphatic rings. The fourth-order valence-electron chi connectivity index (χ4n) is 2.98. The Morgan fingerprint density at radius 2 is 1.51 bits per heavy atom. The number of nitrogens with one attached hydrogen (secondary N) is 1. The minimum atomic E-state index is -1.15. The number of hydrogen-bond acceptors (Lipinski definition) is 10. The van der Waals surface area contributed by atoms with E-state index in [1.807, 2.05) is 13.8 Å². The fourth-order valence-corrected chi connectivity index (χ4v) is 3.45. The zero-order valence-electron chi connectivity index (χ0n) is 24.4. The Bertz CT molecular complexity index is 1200. The molecule has 1 heterocycles. The van der Waals surface area contributed by atoms with Crippen LogP contribution >= 0.6 is 23.2 Å². The number of pyridine rings is 1. The van der Waals surface area contributed by atoms with Gasteiger partial charge in [0.1, 0.15) is 21.5 Å². The van der Waals surface area contributed by atoms with Crippen molar-refractivity contribution in [3.63, 3.8) is 0 Å². The summed E-state index contributed by atoms with van der Waals surface area (Å²) in [7, 11) is 0. The second-order valence-corrected chi connectivity index (χ2v) is 12.2. The summed E-state index contributed by atoms with van der Waals surface area (Å²) >= 11 is 12.6. The molecule has 0 fully saturated rings. The van der Waals surface area contributed by atoms with Crippen LogP contribution in [0.1, 0.15) is 66.9 Å². The van der Waals surface area contributed by atoms with Gasteiger partial charge in [0.15, 0.2) is 31.4 Å². The van der Waals surface area contributed by atoms with Gasteiger partial charge in [0.05, 0.1) is 17.4 Å². The second-order valence-electron chi connectivity index (χ2n) is 11.4. The predicted octanol–water partition coefficient (Wildman–Crippen LogP) is 7.01. The largest absolute Gasteiger partial charge is 0.508 e. The lowest BCUT2D eigenvalue weighted by atomic mass is 9.98. The minimum Gasteiger partial charge on any atom is -0.508 e. The van der Waals surface area contributed by atoms with Crippen molar-refractivity contribution >= 4 is 41.0 Å². The summed E-state index contributed by atoms with van der Waals surface area (Å²) < 4.78 is 41.7. The highest BCUT2D eigenvalue weighted by Gasteiger charge is 2.26. The van der Waals surface area contributed by atoms with Gasteiger partial charge in [0.2, 0.25) is 5.95 Å². The Hall–Kier alpha value is -2.86. The van der Waals surface area contributed by atoms with Gasteiger partial charge in [-0.3, -0.25) is 9.59 Å². The van der Waals surface area contributed by atoms with Crippen molar-refractivity contribution in [2.24, 2.45) is 10.8 Å². The van der Waals surface area contributed by atoms with E-state index in [0.717, 1.165) is 0 Å². The first-order valence-electron chi connectivity index (χ1n) is 12.8. The zero-order chi connectivity index (χ0) is 31.1. The number of esters is 2. The predicted molar refractivity (Wildman–Crippen MR) is 152 cm³/mol. The van der Waals surface area contributed by atoms with E-state index in [1.54, 1.807) is 47.6 Å². The van der Waals surface area contributed by atoms with Gasteiger partial charge in [0, 0.05) is 5.56 Å². The van der Waals surface area contributed by atoms with Crippen LogP contribution in [0.5, 0.6) is 17.2 Å². The van der Waals surface area contributed by atoms with Gasteiger partial charge in [0.25, 0.3) is 0 Å². The van der Waals surface area contributed by atoms with Gasteiger partial charge in [-0.2, -0.15) is 9.37 Å². The number of aromatic hydroxyl groups is 1. The van der Waals surface area contributed by atoms with E-state index < -0.39 is 53.6 Å². The molecule has 2 rings (SSSR count). The molecule has 0 aliphatic carbocycles. The molecular weight excluding hydrogens is 582 g/mol. The van der Waals surface area contributed by atoms with Crippen molar-refractivity contribution in [1.82, 2.24) is 4.98 Å². The number of carbonyl (C=O) groups excluding carboxylic acids is 2. The monoisotopic (exact) mass is 618 g/mol. The van der Waals surface area contributed by atoms with E-state index in [0.29, 0.717) is 5.56 Å². The SMILES string of the molecule is CC(C)c1cc(Oc2c(Cl)c(F)nc(NCC(OCOC(=O)C(C)(C)C)OCOC(=O)C(C)(C)C)c2Cl)ccc1O. The fraction of sp³-hybridized carbons (Fsp3) is 0.536. The molecule has 0 aliphatic heterocycles. The van der Waals surface area contributed by atoms with Gasteiger partial charge in [-0.05, 0) is 65.7 Å². The van der Waals surface area contributed by atoms with E-state index in [-0.39, 0.29) is 40.6 Å². The molecule has 0 spiro atoms. The van der Waals surface area contributed by atoms with E-state index in [1.165, 1.54) is 12.1 Å². The maximum atomic E-state index is 14.7. The standard InChI is InChI=1S/C28H37Cl2FN2O8/c1-15(2)17-11-16(9-10-18(17)34)41-22-20(29)23(31)33-24(21(22)30)32-12-19(37-13-39-25(35)27(3,4)5)38-14-40-26(36)28(6,7)8/h9-11,15,19,34H,12-14H2,1-8H3,(H,32,33). The molecule has 2 aromatic rings. The summed E-state index contributed by atoms with van der Waals surface area (Å²) in [6, 6.07) is 4.52. The first kappa shape index (κ1) is 34.3. The molecule has 0 radical (unpaired) electrons. The molecule has 41 heavy (non-hydrogen) atoms. The summed E-state index contributed by atoms with van der Waals surface area (Å²) in [5.74, 6) is -2.11. The number of phenols is 1. The third-order valence-corrected chi connectivity index (χ3v) is 6.07. The molecule has 1 aromatic carbocycles. The van der Waals surface area contributed by atoms with Crippen LogP contribution < -0.4 is 10.1 Å². The van der Waals surface area contributed by atoms with Gasteiger partial charge >= 0.3 is 11.9 Å². The summed E-state index contributed by atoms with van der Waals surface area (Å²) in [5, 5.41) is 12.3. The second kappa shape index (κ2) is 14.4. The Labute approximate surface area is 249 Å². The molecule has 0 saturated heterocycles. The summed E-state index contributed by atoms with van der Waals surface area (Å²) in [4.78, 5) is 27.9. The summed E-state index contributed by atoms with van der Waals surface area (Å²) in [6.45, 7) is 12.7. The van der Waals surface area contributed by atoms with Crippen molar-refractivity contribution in [1.29, 1.82) is 0 Å². The average Bonchev–Trinajstić information content (AvgIpc) is 2.86. The molecule has 10 nitrogen and oxygen atoms in total. The molecule has 0 amide bonds. The van der Waals surface area contributed by atoms with Gasteiger partial charge in [-0.15, -0.1) is 0 Å². The number of phenolic OH excluding ortho intramolecular Hbond substituents is 1. The van der Waals surface area contributed by atoms with Gasteiger partial charge in [-0.1, -0.05) is 37.0 Å². The van der Waals surface area contributed by atoms with E-state index >= 15 is 0 Å². The highest BCUT2D eigenvalue weighted by molar-refractivity contribution is 6.38. The molecule has 0 bridgehead atoms. The van der Waals surface area contributed by atoms with Crippen molar-refractivity contribution in [2.45, 2.75) is 67.6 Å². The van der Waals surface area contributed by atoms with Gasteiger partial charge < -0.3 is 34.1 Å². The molecule has 2 N–H and O–H groups in total. The molecule has 0 saturated carbocycles. The number of anilines is 1. The topological polar surface area (TPSA) is 125 Å². The normalized spacial score (nSPS) is 12.0. The smallest absolute Gasteiger partial charge is 0.313 e. The summed E-state index contributed by atoms with van der Waals surface area (Å²) in [6.07, 6.45) is -1.15. The van der Waals surface area contributed by atoms with E-state index in [4.69, 9.17) is 46.9 Å². The summed E-state index contributed by atoms with van der Waals surface area (Å²) in [5.41, 5.74) is -0.913. The first-order valence-corrected chi connectivity index (χ1v) is 13.5. The Balaban J connectivity index is 2.21. The average molecular weight is 620 g/mol. The van der Waals surface area contributed by atoms with Crippen LogP contribution in [0.2, 0.25) is 10.0 Å². The third kappa shape index (κ3) is 10.2. The molecule has 0 atom stereocenters. The van der Waals surface area contributed by atoms with Crippen LogP contribution in [0.3, 0.4) is 0 Å². The molecular formula is C28H37Cl2FN2O8. The van der Waals surface area contributed by atoms with Crippen LogP contribution in [0.4, 0.5) is 10.2 Å². The highest BCUT2D eigenvalue weighted by atomic mass is 35.5. The number of ether oxygens (including phenoxy) is 5. The van der Waals surface area contributed by atoms with E-state index in [2.05, 4.69) is 10.3 Å². The number of halogens is 3. The lowest BCUT2D eigenvalue weighted by molar-refractivity contribution is -0.225. The van der Waals surface area contributed by atoms with E-state index in [9.17, 15) is 19.1 Å². The van der Waals surface area contributed by atoms with Crippen molar-refractivity contribution in [3.05, 3.63) is 39.8 Å². The van der Waals surface area contributed by atoms with Crippen LogP contribution in [0, 0.1) is 16.8 Å². The van der Waals surface area contributed by atoms with Crippen molar-refractivity contribution < 1.29 is 42.8 Å². The number of carbonyl (C=O) groups is 2. The maximum Gasteiger partial charge on any atom is 0.313 e. The number of hydrogen-bond donors (Lipinski definition) is 2. The third-order valence-electron chi connectivity index (χ3n) is 5.39. The van der Waals surface area contributed by atoms with Crippen LogP contribution in [-0.2, 0) is 28.5 Å². The first-order chi connectivity index (χ1) is 18.9. The maximum absolute atomic E-state index is 14.7. The molecule has 1 aromatic heterocycles. The molecule has 228 valence electrons. The number of rotatable bonds is 12. The number of benzene rings is 1. The van der Waals surface area contributed by atoms with Crippen LogP contribution in [-0.4, -0.2) is 48.4 Å². The zero-order valence-corrected chi connectivity index (χ0v) is 25.9. The molecule has 13 heteroatoms. The lowest BCUT2D eigenvalue weighted by Crippen LogP contribution is -2.32. The van der Waals surface area contributed by atoms with Crippen molar-refractivity contribution in [2.75, 3.05) is 25.4 Å². The Kier molecular flexibility index (Phi) is 12.0. The lowest BCUT2D eigenvalue weighted by Gasteiger charge is -2.23. The van der Waals surface area contributed by atoms with Crippen LogP contribution in [0.25, 0.3) is 0 Å². The highest BCUT2D eigenvalue weighted by Crippen LogP contribution is 2.42. The quantitative estimate of drug-likeness (QED) is 0.146. The van der Waals surface area contributed by atoms with Crippen LogP contribution in [0.15, 0.2) is 18.2 Å². The Morgan fingerprint density at radius 3 is 2.00 bits per heavy atom. The number of nitrogens with zero attached hydrogens (tertiary/aromatic N) is 1.